The second kappa shape index (κ2) is 5.28. The molecule has 1 fully saturated rings. The molecule has 0 heterocycles. The van der Waals surface area contributed by atoms with Crippen LogP contribution < -0.4 is 11.1 Å². The van der Waals surface area contributed by atoms with Crippen LogP contribution in [-0.2, 0) is 0 Å². The van der Waals surface area contributed by atoms with Crippen molar-refractivity contribution in [1.29, 1.82) is 0 Å². The fourth-order valence-corrected chi connectivity index (χ4v) is 2.13. The van der Waals surface area contributed by atoms with Crippen LogP contribution in [0.5, 0.6) is 0 Å². The molecule has 0 aromatic heterocycles. The van der Waals surface area contributed by atoms with Crippen molar-refractivity contribution in [3.63, 3.8) is 0 Å². The van der Waals surface area contributed by atoms with Crippen LogP contribution >= 0.6 is 0 Å². The van der Waals surface area contributed by atoms with E-state index in [1.54, 1.807) is 0 Å². The molecule has 1 saturated carbocycles. The first kappa shape index (κ1) is 12.9. The van der Waals surface area contributed by atoms with Gasteiger partial charge in [-0.2, -0.15) is 0 Å². The standard InChI is InChI=1S/C12H27N3/c1-12(2,15(3)4)9-14-11-7-5-6-10(11)8-13/h10-11,14H,5-9,13H2,1-4H3. The van der Waals surface area contributed by atoms with E-state index in [-0.39, 0.29) is 5.54 Å². The maximum atomic E-state index is 5.77. The molecule has 90 valence electrons. The van der Waals surface area contributed by atoms with Gasteiger partial charge in [0.1, 0.15) is 0 Å². The van der Waals surface area contributed by atoms with Crippen molar-refractivity contribution in [2.75, 3.05) is 27.2 Å². The molecule has 3 nitrogen and oxygen atoms in total. The Labute approximate surface area is 94.4 Å². The normalized spacial score (nSPS) is 27.6. The Balaban J connectivity index is 2.36. The third-order valence-electron chi connectivity index (χ3n) is 3.97. The van der Waals surface area contributed by atoms with Crippen LogP contribution in [0.15, 0.2) is 0 Å². The van der Waals surface area contributed by atoms with E-state index >= 15 is 0 Å². The Kier molecular flexibility index (Phi) is 4.56. The molecule has 15 heavy (non-hydrogen) atoms. The summed E-state index contributed by atoms with van der Waals surface area (Å²) >= 11 is 0. The Hall–Kier alpha value is -0.120. The van der Waals surface area contributed by atoms with Crippen molar-refractivity contribution in [3.8, 4) is 0 Å². The molecule has 0 radical (unpaired) electrons. The lowest BCUT2D eigenvalue weighted by Crippen LogP contribution is -2.50. The molecule has 1 aliphatic carbocycles. The topological polar surface area (TPSA) is 41.3 Å². The zero-order valence-corrected chi connectivity index (χ0v) is 10.7. The first-order valence-corrected chi connectivity index (χ1v) is 6.08. The van der Waals surface area contributed by atoms with Gasteiger partial charge in [-0.1, -0.05) is 6.42 Å². The third-order valence-corrected chi connectivity index (χ3v) is 3.97. The van der Waals surface area contributed by atoms with E-state index in [4.69, 9.17) is 5.73 Å². The molecule has 0 aromatic carbocycles. The summed E-state index contributed by atoms with van der Waals surface area (Å²) in [5.41, 5.74) is 6.00. The fourth-order valence-electron chi connectivity index (χ4n) is 2.13. The average Bonchev–Trinajstić information content (AvgIpc) is 2.61. The maximum Gasteiger partial charge on any atom is 0.0271 e. The van der Waals surface area contributed by atoms with Crippen LogP contribution in [-0.4, -0.2) is 43.7 Å². The molecular weight excluding hydrogens is 186 g/mol. The molecule has 0 aromatic rings. The Morgan fingerprint density at radius 2 is 2.00 bits per heavy atom. The number of hydrogen-bond acceptors (Lipinski definition) is 3. The van der Waals surface area contributed by atoms with Gasteiger partial charge in [-0.05, 0) is 53.2 Å². The predicted octanol–water partition coefficient (Wildman–Crippen LogP) is 1.04. The van der Waals surface area contributed by atoms with Crippen molar-refractivity contribution >= 4 is 0 Å². The van der Waals surface area contributed by atoms with E-state index in [1.807, 2.05) is 0 Å². The van der Waals surface area contributed by atoms with Crippen molar-refractivity contribution in [3.05, 3.63) is 0 Å². The molecule has 3 heteroatoms. The van der Waals surface area contributed by atoms with E-state index in [9.17, 15) is 0 Å². The Morgan fingerprint density at radius 3 is 2.53 bits per heavy atom. The highest BCUT2D eigenvalue weighted by Gasteiger charge is 2.28. The molecule has 0 bridgehead atoms. The lowest BCUT2D eigenvalue weighted by atomic mass is 10.0. The van der Waals surface area contributed by atoms with Gasteiger partial charge >= 0.3 is 0 Å². The predicted molar refractivity (Wildman–Crippen MR) is 66.0 cm³/mol. The molecular formula is C12H27N3. The van der Waals surface area contributed by atoms with Gasteiger partial charge in [0.15, 0.2) is 0 Å². The SMILES string of the molecule is CN(C)C(C)(C)CNC1CCCC1CN. The van der Waals surface area contributed by atoms with Gasteiger partial charge in [-0.15, -0.1) is 0 Å². The highest BCUT2D eigenvalue weighted by atomic mass is 15.2. The summed E-state index contributed by atoms with van der Waals surface area (Å²) in [6.07, 6.45) is 3.93. The summed E-state index contributed by atoms with van der Waals surface area (Å²) < 4.78 is 0. The maximum absolute atomic E-state index is 5.77. The molecule has 3 N–H and O–H groups in total. The van der Waals surface area contributed by atoms with Gasteiger partial charge in [0.2, 0.25) is 0 Å². The van der Waals surface area contributed by atoms with Crippen LogP contribution in [0.3, 0.4) is 0 Å². The number of nitrogens with one attached hydrogen (secondary N) is 1. The van der Waals surface area contributed by atoms with Crippen LogP contribution in [0, 0.1) is 5.92 Å². The molecule has 0 aliphatic heterocycles. The summed E-state index contributed by atoms with van der Waals surface area (Å²) in [7, 11) is 4.27. The third kappa shape index (κ3) is 3.44. The molecule has 1 rings (SSSR count). The van der Waals surface area contributed by atoms with Gasteiger partial charge in [0.05, 0.1) is 0 Å². The van der Waals surface area contributed by atoms with Crippen molar-refractivity contribution in [2.45, 2.75) is 44.7 Å². The molecule has 0 spiro atoms. The molecule has 2 unspecified atom stereocenters. The minimum Gasteiger partial charge on any atom is -0.330 e. The molecule has 2 atom stereocenters. The number of rotatable bonds is 5. The van der Waals surface area contributed by atoms with Crippen LogP contribution in [0.1, 0.15) is 33.1 Å². The number of nitrogens with two attached hydrogens (primary N) is 1. The van der Waals surface area contributed by atoms with E-state index in [2.05, 4.69) is 38.2 Å². The number of hydrogen-bond donors (Lipinski definition) is 2. The van der Waals surface area contributed by atoms with Gasteiger partial charge in [-0.25, -0.2) is 0 Å². The summed E-state index contributed by atoms with van der Waals surface area (Å²) in [6.45, 7) is 6.42. The zero-order chi connectivity index (χ0) is 11.5. The fraction of sp³-hybridized carbons (Fsp3) is 1.00. The molecule has 0 amide bonds. The molecule has 1 aliphatic rings. The highest BCUT2D eigenvalue weighted by molar-refractivity contribution is 4.88. The van der Waals surface area contributed by atoms with Crippen molar-refractivity contribution in [1.82, 2.24) is 10.2 Å². The van der Waals surface area contributed by atoms with Crippen molar-refractivity contribution < 1.29 is 0 Å². The number of nitrogens with zero attached hydrogens (tertiary/aromatic N) is 1. The highest BCUT2D eigenvalue weighted by Crippen LogP contribution is 2.25. The lowest BCUT2D eigenvalue weighted by molar-refractivity contribution is 0.180. The Morgan fingerprint density at radius 1 is 1.33 bits per heavy atom. The second-order valence-corrected chi connectivity index (χ2v) is 5.62. The van der Waals surface area contributed by atoms with E-state index in [1.165, 1.54) is 19.3 Å². The van der Waals surface area contributed by atoms with Gasteiger partial charge in [0, 0.05) is 18.1 Å². The summed E-state index contributed by atoms with van der Waals surface area (Å²) in [5, 5.41) is 3.68. The average molecular weight is 213 g/mol. The summed E-state index contributed by atoms with van der Waals surface area (Å²) in [5.74, 6) is 0.697. The second-order valence-electron chi connectivity index (χ2n) is 5.62. The summed E-state index contributed by atoms with van der Waals surface area (Å²) in [6, 6.07) is 0.647. The van der Waals surface area contributed by atoms with E-state index < -0.39 is 0 Å². The van der Waals surface area contributed by atoms with Gasteiger partial charge in [-0.3, -0.25) is 0 Å². The zero-order valence-electron chi connectivity index (χ0n) is 10.7. The quantitative estimate of drug-likeness (QED) is 0.717. The van der Waals surface area contributed by atoms with E-state index in [0.29, 0.717) is 12.0 Å². The monoisotopic (exact) mass is 213 g/mol. The first-order chi connectivity index (χ1) is 6.97. The Bertz CT molecular complexity index is 189. The van der Waals surface area contributed by atoms with Crippen molar-refractivity contribution in [2.24, 2.45) is 11.7 Å². The van der Waals surface area contributed by atoms with Crippen LogP contribution in [0.25, 0.3) is 0 Å². The van der Waals surface area contributed by atoms with E-state index in [0.717, 1.165) is 13.1 Å². The lowest BCUT2D eigenvalue weighted by Gasteiger charge is -2.34. The van der Waals surface area contributed by atoms with Gasteiger partial charge in [0.25, 0.3) is 0 Å². The van der Waals surface area contributed by atoms with Gasteiger partial charge < -0.3 is 16.0 Å². The molecule has 0 saturated heterocycles. The smallest absolute Gasteiger partial charge is 0.0271 e. The minimum atomic E-state index is 0.224. The summed E-state index contributed by atoms with van der Waals surface area (Å²) in [4.78, 5) is 2.27. The number of likely N-dealkylation sites (N-methyl/N-ethyl adjacent to an activating group) is 1. The van der Waals surface area contributed by atoms with Crippen LogP contribution in [0.2, 0.25) is 0 Å². The largest absolute Gasteiger partial charge is 0.330 e. The minimum absolute atomic E-state index is 0.224. The van der Waals surface area contributed by atoms with Crippen LogP contribution in [0.4, 0.5) is 0 Å². The first-order valence-electron chi connectivity index (χ1n) is 6.08.